The zero-order chi connectivity index (χ0) is 14.5. The van der Waals surface area contributed by atoms with Gasteiger partial charge in [-0.15, -0.1) is 0 Å². The highest BCUT2D eigenvalue weighted by Gasteiger charge is 2.19. The van der Waals surface area contributed by atoms with Gasteiger partial charge in [-0.2, -0.15) is 0 Å². The summed E-state index contributed by atoms with van der Waals surface area (Å²) in [5.74, 6) is 0. The minimum absolute atomic E-state index is 0.651. The largest absolute Gasteiger partial charge is 0.389 e. The Morgan fingerprint density at radius 1 is 0.650 bits per heavy atom. The quantitative estimate of drug-likeness (QED) is 0.835. The van der Waals surface area contributed by atoms with Crippen molar-refractivity contribution in [1.82, 2.24) is 0 Å². The molecular formula is C18H20O2. The highest BCUT2D eigenvalue weighted by molar-refractivity contribution is 5.93. The van der Waals surface area contributed by atoms with Crippen LogP contribution in [-0.2, 0) is 0 Å². The van der Waals surface area contributed by atoms with Crippen LogP contribution in [-0.4, -0.2) is 22.4 Å². The summed E-state index contributed by atoms with van der Waals surface area (Å²) < 4.78 is 0. The third-order valence-corrected chi connectivity index (χ3v) is 3.30. The summed E-state index contributed by atoms with van der Waals surface area (Å²) in [5.41, 5.74) is 3.41. The standard InChI is InChI=1S/C18H20O2/c1-13(19)17(15-9-5-3-6-10-15)18(14(2)20)16-11-7-4-8-12-16/h3-14,19-20H,1-2H3/b18-17-. The Kier molecular flexibility index (Phi) is 4.72. The Morgan fingerprint density at radius 3 is 1.20 bits per heavy atom. The van der Waals surface area contributed by atoms with Crippen molar-refractivity contribution in [2.75, 3.05) is 0 Å². The van der Waals surface area contributed by atoms with Crippen molar-refractivity contribution >= 4 is 11.1 Å². The Hall–Kier alpha value is -1.90. The molecule has 2 unspecified atom stereocenters. The first-order valence-electron chi connectivity index (χ1n) is 6.82. The van der Waals surface area contributed by atoms with Gasteiger partial charge in [0.15, 0.2) is 0 Å². The molecule has 0 aromatic heterocycles. The summed E-state index contributed by atoms with van der Waals surface area (Å²) in [5, 5.41) is 20.4. The zero-order valence-corrected chi connectivity index (χ0v) is 11.8. The van der Waals surface area contributed by atoms with Gasteiger partial charge in [-0.1, -0.05) is 60.7 Å². The number of benzene rings is 2. The SMILES string of the molecule is CC(O)/C(=C(/c1ccccc1)C(C)O)c1ccccc1. The van der Waals surface area contributed by atoms with Crippen molar-refractivity contribution in [3.05, 3.63) is 71.8 Å². The topological polar surface area (TPSA) is 40.5 Å². The summed E-state index contributed by atoms with van der Waals surface area (Å²) in [6.07, 6.45) is -1.30. The molecule has 2 aromatic carbocycles. The van der Waals surface area contributed by atoms with E-state index >= 15 is 0 Å². The van der Waals surface area contributed by atoms with Crippen molar-refractivity contribution in [2.24, 2.45) is 0 Å². The fraction of sp³-hybridized carbons (Fsp3) is 0.222. The normalized spacial score (nSPS) is 15.4. The van der Waals surface area contributed by atoms with Crippen molar-refractivity contribution in [2.45, 2.75) is 26.1 Å². The molecular weight excluding hydrogens is 248 g/mol. The van der Waals surface area contributed by atoms with Gasteiger partial charge in [-0.05, 0) is 36.1 Å². The molecule has 2 N–H and O–H groups in total. The van der Waals surface area contributed by atoms with Crippen LogP contribution in [0.5, 0.6) is 0 Å². The maximum absolute atomic E-state index is 10.2. The minimum Gasteiger partial charge on any atom is -0.389 e. The van der Waals surface area contributed by atoms with Gasteiger partial charge in [0.2, 0.25) is 0 Å². The fourth-order valence-electron chi connectivity index (χ4n) is 2.48. The fourth-order valence-corrected chi connectivity index (χ4v) is 2.48. The van der Waals surface area contributed by atoms with Gasteiger partial charge in [0.1, 0.15) is 0 Å². The van der Waals surface area contributed by atoms with E-state index in [1.165, 1.54) is 0 Å². The summed E-state index contributed by atoms with van der Waals surface area (Å²) in [7, 11) is 0. The molecule has 0 amide bonds. The second-order valence-electron chi connectivity index (χ2n) is 4.91. The molecule has 2 rings (SSSR count). The first-order valence-corrected chi connectivity index (χ1v) is 6.82. The molecule has 0 spiro atoms. The van der Waals surface area contributed by atoms with Gasteiger partial charge in [-0.25, -0.2) is 0 Å². The summed E-state index contributed by atoms with van der Waals surface area (Å²) in [4.78, 5) is 0. The van der Waals surface area contributed by atoms with Crippen molar-refractivity contribution < 1.29 is 10.2 Å². The Labute approximate surface area is 120 Å². The molecule has 0 aliphatic carbocycles. The molecule has 0 aliphatic heterocycles. The second kappa shape index (κ2) is 6.51. The van der Waals surface area contributed by atoms with Crippen LogP contribution < -0.4 is 0 Å². The number of hydrogen-bond donors (Lipinski definition) is 2. The van der Waals surface area contributed by atoms with E-state index in [9.17, 15) is 10.2 Å². The smallest absolute Gasteiger partial charge is 0.0771 e. The van der Waals surface area contributed by atoms with Gasteiger partial charge in [0.05, 0.1) is 12.2 Å². The molecule has 0 aliphatic rings. The van der Waals surface area contributed by atoms with Crippen molar-refractivity contribution in [1.29, 1.82) is 0 Å². The highest BCUT2D eigenvalue weighted by atomic mass is 16.3. The molecule has 20 heavy (non-hydrogen) atoms. The van der Waals surface area contributed by atoms with Crippen LogP contribution >= 0.6 is 0 Å². The van der Waals surface area contributed by atoms with E-state index in [4.69, 9.17) is 0 Å². The Bertz CT molecular complexity index is 515. The molecule has 0 saturated carbocycles. The van der Waals surface area contributed by atoms with Crippen molar-refractivity contribution in [3.8, 4) is 0 Å². The van der Waals surface area contributed by atoms with Gasteiger partial charge < -0.3 is 10.2 Å². The Balaban J connectivity index is 2.67. The van der Waals surface area contributed by atoms with Crippen LogP contribution in [0.4, 0.5) is 0 Å². The molecule has 0 radical (unpaired) electrons. The second-order valence-corrected chi connectivity index (χ2v) is 4.91. The number of aliphatic hydroxyl groups is 2. The minimum atomic E-state index is -0.651. The average molecular weight is 268 g/mol. The number of hydrogen-bond acceptors (Lipinski definition) is 2. The molecule has 2 aromatic rings. The van der Waals surface area contributed by atoms with Crippen molar-refractivity contribution in [3.63, 3.8) is 0 Å². The monoisotopic (exact) mass is 268 g/mol. The zero-order valence-electron chi connectivity index (χ0n) is 11.8. The lowest BCUT2D eigenvalue weighted by Gasteiger charge is -2.21. The first kappa shape index (κ1) is 14.5. The molecule has 0 bridgehead atoms. The summed E-state index contributed by atoms with van der Waals surface area (Å²) >= 11 is 0. The van der Waals surface area contributed by atoms with E-state index in [1.807, 2.05) is 60.7 Å². The molecule has 2 heteroatoms. The lowest BCUT2D eigenvalue weighted by molar-refractivity contribution is 0.241. The van der Waals surface area contributed by atoms with E-state index in [1.54, 1.807) is 13.8 Å². The van der Waals surface area contributed by atoms with Gasteiger partial charge in [-0.3, -0.25) is 0 Å². The predicted octanol–water partition coefficient (Wildman–Crippen LogP) is 3.36. The molecule has 104 valence electrons. The van der Waals surface area contributed by atoms with Crippen LogP contribution in [0.25, 0.3) is 11.1 Å². The number of rotatable bonds is 4. The number of aliphatic hydroxyl groups excluding tert-OH is 2. The Morgan fingerprint density at radius 2 is 0.950 bits per heavy atom. The van der Waals surface area contributed by atoms with Gasteiger partial charge >= 0.3 is 0 Å². The van der Waals surface area contributed by atoms with Crippen LogP contribution in [0, 0.1) is 0 Å². The van der Waals surface area contributed by atoms with E-state index in [-0.39, 0.29) is 0 Å². The van der Waals surface area contributed by atoms with Crippen LogP contribution in [0.2, 0.25) is 0 Å². The average Bonchev–Trinajstić information content (AvgIpc) is 2.45. The van der Waals surface area contributed by atoms with Crippen LogP contribution in [0.1, 0.15) is 25.0 Å². The predicted molar refractivity (Wildman–Crippen MR) is 83.1 cm³/mol. The van der Waals surface area contributed by atoms with E-state index in [2.05, 4.69) is 0 Å². The van der Waals surface area contributed by atoms with Crippen LogP contribution in [0.15, 0.2) is 60.7 Å². The first-order chi connectivity index (χ1) is 9.61. The van der Waals surface area contributed by atoms with Crippen LogP contribution in [0.3, 0.4) is 0 Å². The summed E-state index contributed by atoms with van der Waals surface area (Å²) in [6, 6.07) is 19.4. The van der Waals surface area contributed by atoms with E-state index < -0.39 is 12.2 Å². The van der Waals surface area contributed by atoms with Gasteiger partial charge in [0.25, 0.3) is 0 Å². The van der Waals surface area contributed by atoms with E-state index in [0.717, 1.165) is 22.3 Å². The molecule has 0 saturated heterocycles. The molecule has 2 atom stereocenters. The molecule has 0 fully saturated rings. The molecule has 2 nitrogen and oxygen atoms in total. The highest BCUT2D eigenvalue weighted by Crippen LogP contribution is 2.31. The third kappa shape index (κ3) is 3.16. The maximum atomic E-state index is 10.2. The maximum Gasteiger partial charge on any atom is 0.0771 e. The van der Waals surface area contributed by atoms with Gasteiger partial charge in [0, 0.05) is 0 Å². The lowest BCUT2D eigenvalue weighted by atomic mass is 9.89. The van der Waals surface area contributed by atoms with E-state index in [0.29, 0.717) is 0 Å². The lowest BCUT2D eigenvalue weighted by Crippen LogP contribution is -2.13. The molecule has 0 heterocycles. The third-order valence-electron chi connectivity index (χ3n) is 3.30. The summed E-state index contributed by atoms with van der Waals surface area (Å²) in [6.45, 7) is 3.46.